The van der Waals surface area contributed by atoms with Gasteiger partial charge >= 0.3 is 0 Å². The van der Waals surface area contributed by atoms with E-state index in [0.717, 1.165) is 11.1 Å². The molecule has 1 atom stereocenters. The Labute approximate surface area is 106 Å². The molecule has 1 unspecified atom stereocenters. The van der Waals surface area contributed by atoms with Gasteiger partial charge in [0.1, 0.15) is 11.6 Å². The number of nitrogens with two attached hydrogens (primary N) is 2. The van der Waals surface area contributed by atoms with Crippen LogP contribution < -0.4 is 11.5 Å². The van der Waals surface area contributed by atoms with E-state index in [1.54, 1.807) is 12.3 Å². The van der Waals surface area contributed by atoms with E-state index < -0.39 is 0 Å². The molecule has 0 aliphatic rings. The van der Waals surface area contributed by atoms with Crippen LogP contribution in [0.3, 0.4) is 0 Å². The lowest BCUT2D eigenvalue weighted by Crippen LogP contribution is -2.26. The molecule has 0 aliphatic carbocycles. The Morgan fingerprint density at radius 1 is 1.17 bits per heavy atom. The van der Waals surface area contributed by atoms with Crippen molar-refractivity contribution in [3.8, 4) is 0 Å². The van der Waals surface area contributed by atoms with Crippen LogP contribution in [0.15, 0.2) is 42.6 Å². The Hall–Kier alpha value is -1.94. The molecular formula is C14H16FN3. The smallest absolute Gasteiger partial charge is 0.126 e. The van der Waals surface area contributed by atoms with Crippen LogP contribution in [0.5, 0.6) is 0 Å². The molecule has 0 saturated heterocycles. The van der Waals surface area contributed by atoms with E-state index in [9.17, 15) is 4.39 Å². The minimum absolute atomic E-state index is 0.0988. The van der Waals surface area contributed by atoms with Gasteiger partial charge in [0.25, 0.3) is 0 Å². The molecule has 18 heavy (non-hydrogen) atoms. The number of hydrogen-bond donors (Lipinski definition) is 2. The monoisotopic (exact) mass is 245 g/mol. The van der Waals surface area contributed by atoms with Crippen LogP contribution in [0, 0.1) is 5.82 Å². The summed E-state index contributed by atoms with van der Waals surface area (Å²) in [5.74, 6) is 0.271. The largest absolute Gasteiger partial charge is 0.383 e. The maximum Gasteiger partial charge on any atom is 0.126 e. The average Bonchev–Trinajstić information content (AvgIpc) is 2.32. The third-order valence-electron chi connectivity index (χ3n) is 2.80. The van der Waals surface area contributed by atoms with Crippen molar-refractivity contribution in [2.24, 2.45) is 5.73 Å². The van der Waals surface area contributed by atoms with E-state index in [1.807, 2.05) is 18.2 Å². The van der Waals surface area contributed by atoms with Crippen LogP contribution in [0.2, 0.25) is 0 Å². The predicted molar refractivity (Wildman–Crippen MR) is 70.4 cm³/mol. The number of nitrogens with zero attached hydrogens (tertiary/aromatic N) is 1. The molecule has 0 radical (unpaired) electrons. The molecule has 1 aromatic heterocycles. The van der Waals surface area contributed by atoms with Crippen LogP contribution in [-0.2, 0) is 12.8 Å². The van der Waals surface area contributed by atoms with Crippen molar-refractivity contribution in [1.82, 2.24) is 4.98 Å². The second kappa shape index (κ2) is 5.60. The lowest BCUT2D eigenvalue weighted by molar-refractivity contribution is 0.618. The van der Waals surface area contributed by atoms with Gasteiger partial charge in [-0.3, -0.25) is 0 Å². The molecule has 0 bridgehead atoms. The topological polar surface area (TPSA) is 64.9 Å². The molecule has 0 aliphatic heterocycles. The Kier molecular flexibility index (Phi) is 3.89. The van der Waals surface area contributed by atoms with E-state index in [1.165, 1.54) is 12.1 Å². The van der Waals surface area contributed by atoms with Crippen molar-refractivity contribution in [1.29, 1.82) is 0 Å². The summed E-state index contributed by atoms with van der Waals surface area (Å²) in [5, 5.41) is 0. The van der Waals surface area contributed by atoms with Crippen LogP contribution in [0.25, 0.3) is 0 Å². The first-order valence-corrected chi connectivity index (χ1v) is 5.84. The van der Waals surface area contributed by atoms with Crippen LogP contribution in [0.1, 0.15) is 11.1 Å². The molecule has 94 valence electrons. The zero-order valence-electron chi connectivity index (χ0n) is 10.0. The fourth-order valence-electron chi connectivity index (χ4n) is 1.94. The normalized spacial score (nSPS) is 12.3. The van der Waals surface area contributed by atoms with Gasteiger partial charge in [-0.2, -0.15) is 0 Å². The summed E-state index contributed by atoms with van der Waals surface area (Å²) in [5.41, 5.74) is 13.6. The number of benzene rings is 1. The summed E-state index contributed by atoms with van der Waals surface area (Å²) in [7, 11) is 0. The summed E-state index contributed by atoms with van der Waals surface area (Å²) in [6, 6.07) is 10.1. The highest BCUT2D eigenvalue weighted by atomic mass is 19.1. The lowest BCUT2D eigenvalue weighted by Gasteiger charge is -2.12. The van der Waals surface area contributed by atoms with Crippen molar-refractivity contribution in [2.75, 3.05) is 5.73 Å². The number of pyridine rings is 1. The standard InChI is InChI=1S/C14H16FN3/c15-12-5-1-3-10(7-12)8-13(16)9-11-4-2-6-18-14(11)17/h1-7,13H,8-9,16H2,(H2,17,18). The second-order valence-electron chi connectivity index (χ2n) is 4.35. The zero-order valence-corrected chi connectivity index (χ0v) is 10.0. The predicted octanol–water partition coefficient (Wildman–Crippen LogP) is 1.92. The van der Waals surface area contributed by atoms with Gasteiger partial charge in [0.15, 0.2) is 0 Å². The maximum absolute atomic E-state index is 13.0. The molecule has 2 rings (SSSR count). The van der Waals surface area contributed by atoms with E-state index >= 15 is 0 Å². The van der Waals surface area contributed by atoms with Gasteiger partial charge < -0.3 is 11.5 Å². The van der Waals surface area contributed by atoms with E-state index in [4.69, 9.17) is 11.5 Å². The molecule has 0 saturated carbocycles. The minimum atomic E-state index is -0.236. The molecule has 2 aromatic rings. The van der Waals surface area contributed by atoms with Crippen LogP contribution in [-0.4, -0.2) is 11.0 Å². The van der Waals surface area contributed by atoms with Crippen LogP contribution in [0.4, 0.5) is 10.2 Å². The first kappa shape index (κ1) is 12.5. The van der Waals surface area contributed by atoms with Crippen molar-refractivity contribution >= 4 is 5.82 Å². The Bertz CT molecular complexity index is 528. The fourth-order valence-corrected chi connectivity index (χ4v) is 1.94. The third kappa shape index (κ3) is 3.28. The molecular weight excluding hydrogens is 229 g/mol. The molecule has 3 nitrogen and oxygen atoms in total. The quantitative estimate of drug-likeness (QED) is 0.864. The van der Waals surface area contributed by atoms with Crippen molar-refractivity contribution < 1.29 is 4.39 Å². The summed E-state index contributed by atoms with van der Waals surface area (Å²) < 4.78 is 13.0. The highest BCUT2D eigenvalue weighted by molar-refractivity contribution is 5.39. The minimum Gasteiger partial charge on any atom is -0.383 e. The summed E-state index contributed by atoms with van der Waals surface area (Å²) in [4.78, 5) is 4.02. The second-order valence-corrected chi connectivity index (χ2v) is 4.35. The molecule has 4 heteroatoms. The first-order valence-electron chi connectivity index (χ1n) is 5.84. The van der Waals surface area contributed by atoms with Gasteiger partial charge in [-0.05, 0) is 42.2 Å². The highest BCUT2D eigenvalue weighted by Gasteiger charge is 2.08. The number of anilines is 1. The van der Waals surface area contributed by atoms with Gasteiger partial charge in [0.2, 0.25) is 0 Å². The van der Waals surface area contributed by atoms with Crippen molar-refractivity contribution in [3.05, 3.63) is 59.5 Å². The number of aromatic nitrogens is 1. The first-order chi connectivity index (χ1) is 8.65. The summed E-state index contributed by atoms with van der Waals surface area (Å²) in [6.45, 7) is 0. The van der Waals surface area contributed by atoms with Crippen molar-refractivity contribution in [2.45, 2.75) is 18.9 Å². The summed E-state index contributed by atoms with van der Waals surface area (Å²) in [6.07, 6.45) is 2.90. The van der Waals surface area contributed by atoms with Gasteiger partial charge in [0.05, 0.1) is 0 Å². The van der Waals surface area contributed by atoms with Crippen LogP contribution >= 0.6 is 0 Å². The Balaban J connectivity index is 2.01. The van der Waals surface area contributed by atoms with E-state index in [0.29, 0.717) is 18.7 Å². The van der Waals surface area contributed by atoms with E-state index in [2.05, 4.69) is 4.98 Å². The molecule has 1 heterocycles. The molecule has 4 N–H and O–H groups in total. The maximum atomic E-state index is 13.0. The molecule has 1 aromatic carbocycles. The SMILES string of the molecule is Nc1ncccc1CC(N)Cc1cccc(F)c1. The van der Waals surface area contributed by atoms with Gasteiger partial charge in [-0.25, -0.2) is 9.37 Å². The Morgan fingerprint density at radius 3 is 2.72 bits per heavy atom. The van der Waals surface area contributed by atoms with Gasteiger partial charge in [-0.1, -0.05) is 18.2 Å². The third-order valence-corrected chi connectivity index (χ3v) is 2.80. The summed E-state index contributed by atoms with van der Waals surface area (Å²) >= 11 is 0. The number of nitrogen functional groups attached to an aromatic ring is 1. The van der Waals surface area contributed by atoms with E-state index in [-0.39, 0.29) is 11.9 Å². The molecule has 0 amide bonds. The fraction of sp³-hybridized carbons (Fsp3) is 0.214. The van der Waals surface area contributed by atoms with Gasteiger partial charge in [0, 0.05) is 12.2 Å². The van der Waals surface area contributed by atoms with Crippen molar-refractivity contribution in [3.63, 3.8) is 0 Å². The Morgan fingerprint density at radius 2 is 2.00 bits per heavy atom. The zero-order chi connectivity index (χ0) is 13.0. The average molecular weight is 245 g/mol. The number of rotatable bonds is 4. The lowest BCUT2D eigenvalue weighted by atomic mass is 10.00. The highest BCUT2D eigenvalue weighted by Crippen LogP contribution is 2.12. The number of hydrogen-bond acceptors (Lipinski definition) is 3. The number of halogens is 1. The van der Waals surface area contributed by atoms with Gasteiger partial charge in [-0.15, -0.1) is 0 Å². The molecule has 0 fully saturated rings. The molecule has 0 spiro atoms.